The van der Waals surface area contributed by atoms with Crippen molar-refractivity contribution in [1.29, 1.82) is 0 Å². The van der Waals surface area contributed by atoms with E-state index >= 15 is 0 Å². The van der Waals surface area contributed by atoms with Crippen molar-refractivity contribution in [1.82, 2.24) is 0 Å². The standard InChI is InChI=1S/C11H10O4.Pb.2H/c1-2-7-15-11(14)9-6-4-3-5-8(9)10(12)13;;;/h2-6H,1,7H2,(H,12,13);;;. The third-order valence-corrected chi connectivity index (χ3v) is 1.71. The summed E-state index contributed by atoms with van der Waals surface area (Å²) in [6.45, 7) is 3.45. The van der Waals surface area contributed by atoms with Gasteiger partial charge in [-0.2, -0.15) is 0 Å². The zero-order valence-corrected chi connectivity index (χ0v) is 14.2. The second-order valence-electron chi connectivity index (χ2n) is 2.74. The number of hydrogen-bond donors (Lipinski definition) is 1. The molecule has 0 unspecified atom stereocenters. The Balaban J connectivity index is 0.00000225. The summed E-state index contributed by atoms with van der Waals surface area (Å²) in [7, 11) is 0. The second-order valence-corrected chi connectivity index (χ2v) is 2.74. The number of esters is 1. The van der Waals surface area contributed by atoms with Gasteiger partial charge in [0.05, 0.1) is 11.1 Å². The van der Waals surface area contributed by atoms with Crippen LogP contribution in [0.15, 0.2) is 36.9 Å². The Hall–Kier alpha value is -1.18. The Morgan fingerprint density at radius 1 is 1.31 bits per heavy atom. The van der Waals surface area contributed by atoms with E-state index in [-0.39, 0.29) is 45.0 Å². The maximum atomic E-state index is 11.4. The van der Waals surface area contributed by atoms with E-state index in [9.17, 15) is 9.59 Å². The first-order valence-electron chi connectivity index (χ1n) is 4.27. The third-order valence-electron chi connectivity index (χ3n) is 1.71. The topological polar surface area (TPSA) is 63.6 Å². The molecule has 0 heterocycles. The van der Waals surface area contributed by atoms with E-state index in [0.717, 1.165) is 0 Å². The summed E-state index contributed by atoms with van der Waals surface area (Å²) in [6.07, 6.45) is 1.42. The van der Waals surface area contributed by atoms with Gasteiger partial charge in [-0.1, -0.05) is 24.8 Å². The molecule has 84 valence electrons. The van der Waals surface area contributed by atoms with Crippen LogP contribution in [-0.2, 0) is 4.74 Å². The van der Waals surface area contributed by atoms with E-state index in [1.807, 2.05) is 0 Å². The molecular weight excluding hydrogens is 403 g/mol. The summed E-state index contributed by atoms with van der Waals surface area (Å²) in [5, 5.41) is 8.81. The van der Waals surface area contributed by atoms with Gasteiger partial charge in [0.25, 0.3) is 0 Å². The van der Waals surface area contributed by atoms with Gasteiger partial charge in [-0.15, -0.1) is 0 Å². The normalized spacial score (nSPS) is 8.75. The molecule has 0 aromatic heterocycles. The Morgan fingerprint density at radius 2 is 1.88 bits per heavy atom. The summed E-state index contributed by atoms with van der Waals surface area (Å²) in [4.78, 5) is 22.2. The number of carboxylic acids is 1. The SMILES string of the molecule is C=CCOC(=O)c1ccccc1C(=O)O.[PbH2]. The van der Waals surface area contributed by atoms with Crippen LogP contribution < -0.4 is 0 Å². The van der Waals surface area contributed by atoms with Crippen molar-refractivity contribution in [2.45, 2.75) is 0 Å². The molecule has 0 spiro atoms. The van der Waals surface area contributed by atoms with Crippen molar-refractivity contribution in [2.75, 3.05) is 6.61 Å². The van der Waals surface area contributed by atoms with Crippen LogP contribution in [0.3, 0.4) is 0 Å². The molecule has 0 bridgehead atoms. The van der Waals surface area contributed by atoms with E-state index in [1.165, 1.54) is 18.2 Å². The number of rotatable bonds is 4. The fourth-order valence-electron chi connectivity index (χ4n) is 1.06. The van der Waals surface area contributed by atoms with Crippen molar-refractivity contribution in [2.24, 2.45) is 0 Å². The summed E-state index contributed by atoms with van der Waals surface area (Å²) in [5.41, 5.74) is -0.0154. The van der Waals surface area contributed by atoms with E-state index in [4.69, 9.17) is 9.84 Å². The van der Waals surface area contributed by atoms with Crippen molar-refractivity contribution in [3.05, 3.63) is 48.0 Å². The monoisotopic (exact) mass is 416 g/mol. The van der Waals surface area contributed by atoms with Crippen LogP contribution in [0.1, 0.15) is 20.7 Å². The number of ether oxygens (including phenoxy) is 1. The summed E-state index contributed by atoms with van der Waals surface area (Å²) in [6, 6.07) is 5.90. The van der Waals surface area contributed by atoms with Gasteiger partial charge in [-0.05, 0) is 12.1 Å². The fourth-order valence-corrected chi connectivity index (χ4v) is 1.06. The van der Waals surface area contributed by atoms with Crippen molar-refractivity contribution in [3.63, 3.8) is 0 Å². The summed E-state index contributed by atoms with van der Waals surface area (Å²) in [5.74, 6) is -1.81. The van der Waals surface area contributed by atoms with Gasteiger partial charge >= 0.3 is 39.2 Å². The molecular formula is C11H12O4Pb. The van der Waals surface area contributed by atoms with Gasteiger partial charge in [0.15, 0.2) is 0 Å². The Bertz CT molecular complexity index is 401. The first-order valence-corrected chi connectivity index (χ1v) is 4.27. The predicted octanol–water partition coefficient (Wildman–Crippen LogP) is 0.811. The molecule has 2 radical (unpaired) electrons. The molecule has 0 fully saturated rings. The molecule has 0 aliphatic heterocycles. The van der Waals surface area contributed by atoms with Gasteiger partial charge in [-0.3, -0.25) is 0 Å². The fraction of sp³-hybridized carbons (Fsp3) is 0.0909. The van der Waals surface area contributed by atoms with Crippen LogP contribution in [0, 0.1) is 0 Å². The molecule has 1 rings (SSSR count). The Labute approximate surface area is 113 Å². The molecule has 0 aliphatic rings. The zero-order chi connectivity index (χ0) is 11.3. The zero-order valence-electron chi connectivity index (χ0n) is 8.68. The molecule has 0 saturated carbocycles. The molecule has 0 amide bonds. The molecule has 4 nitrogen and oxygen atoms in total. The number of carbonyl (C=O) groups is 2. The number of hydrogen-bond acceptors (Lipinski definition) is 3. The molecule has 0 saturated heterocycles. The first-order chi connectivity index (χ1) is 7.16. The Kier molecular flexibility index (Phi) is 6.63. The van der Waals surface area contributed by atoms with E-state index in [0.29, 0.717) is 0 Å². The molecule has 1 aromatic carbocycles. The molecule has 0 aliphatic carbocycles. The molecule has 5 heteroatoms. The summed E-state index contributed by atoms with van der Waals surface area (Å²) >= 11 is 0. The number of carbonyl (C=O) groups excluding carboxylic acids is 1. The molecule has 0 atom stereocenters. The van der Waals surface area contributed by atoms with Gasteiger partial charge in [0.1, 0.15) is 6.61 Å². The Morgan fingerprint density at radius 3 is 2.38 bits per heavy atom. The minimum atomic E-state index is -1.15. The predicted molar refractivity (Wildman–Crippen MR) is 62.4 cm³/mol. The minimum absolute atomic E-state index is 0. The quantitative estimate of drug-likeness (QED) is 0.449. The molecule has 1 N–H and O–H groups in total. The van der Waals surface area contributed by atoms with Crippen LogP contribution in [0.2, 0.25) is 0 Å². The van der Waals surface area contributed by atoms with Crippen molar-refractivity contribution < 1.29 is 19.4 Å². The van der Waals surface area contributed by atoms with E-state index in [2.05, 4.69) is 6.58 Å². The van der Waals surface area contributed by atoms with Gasteiger partial charge in [0, 0.05) is 0 Å². The van der Waals surface area contributed by atoms with Gasteiger partial charge in [-0.25, -0.2) is 9.59 Å². The average molecular weight is 415 g/mol. The second kappa shape index (κ2) is 7.15. The number of carboxylic acid groups (broad SMARTS) is 1. The third kappa shape index (κ3) is 3.76. The van der Waals surface area contributed by atoms with Crippen LogP contribution in [0.5, 0.6) is 0 Å². The van der Waals surface area contributed by atoms with Crippen LogP contribution >= 0.6 is 0 Å². The number of benzene rings is 1. The van der Waals surface area contributed by atoms with Crippen LogP contribution in [0.25, 0.3) is 0 Å². The van der Waals surface area contributed by atoms with E-state index in [1.54, 1.807) is 12.1 Å². The van der Waals surface area contributed by atoms with Crippen LogP contribution in [0.4, 0.5) is 0 Å². The molecule has 16 heavy (non-hydrogen) atoms. The molecule has 1 aromatic rings. The maximum absolute atomic E-state index is 11.4. The summed E-state index contributed by atoms with van der Waals surface area (Å²) < 4.78 is 4.75. The van der Waals surface area contributed by atoms with Gasteiger partial charge in [0.2, 0.25) is 0 Å². The van der Waals surface area contributed by atoms with Crippen molar-refractivity contribution in [3.8, 4) is 0 Å². The number of aromatic carboxylic acids is 1. The van der Waals surface area contributed by atoms with Crippen molar-refractivity contribution >= 4 is 39.2 Å². The van der Waals surface area contributed by atoms with Crippen LogP contribution in [-0.4, -0.2) is 51.0 Å². The van der Waals surface area contributed by atoms with E-state index < -0.39 is 11.9 Å². The first kappa shape index (κ1) is 14.8. The van der Waals surface area contributed by atoms with Gasteiger partial charge < -0.3 is 9.84 Å². The average Bonchev–Trinajstić information content (AvgIpc) is 2.25.